The van der Waals surface area contributed by atoms with E-state index in [2.05, 4.69) is 4.74 Å². The number of carbonyl (C=O) groups excluding carboxylic acids is 5. The van der Waals surface area contributed by atoms with Gasteiger partial charge >= 0.3 is 11.9 Å². The third-order valence-corrected chi connectivity index (χ3v) is 9.46. The number of hydrogen-bond donors (Lipinski definition) is 4. The lowest BCUT2D eigenvalue weighted by Gasteiger charge is -2.47. The molecule has 7 rings (SSSR count). The van der Waals surface area contributed by atoms with Crippen LogP contribution in [0, 0.1) is 18.3 Å². The molecular formula is C32H30O12. The molecule has 0 radical (unpaired) electrons. The molecule has 230 valence electrons. The summed E-state index contributed by atoms with van der Waals surface area (Å²) >= 11 is 0. The average molecular weight is 607 g/mol. The highest BCUT2D eigenvalue weighted by Gasteiger charge is 2.64. The van der Waals surface area contributed by atoms with E-state index < -0.39 is 70.5 Å². The molecule has 2 bridgehead atoms. The van der Waals surface area contributed by atoms with Crippen molar-refractivity contribution in [2.45, 2.75) is 56.0 Å². The summed E-state index contributed by atoms with van der Waals surface area (Å²) in [5.74, 6) is -6.16. The minimum Gasteiger partial charge on any atom is -0.507 e. The molecule has 0 amide bonds. The monoisotopic (exact) mass is 606 g/mol. The lowest BCUT2D eigenvalue weighted by atomic mass is 9.55. The van der Waals surface area contributed by atoms with Gasteiger partial charge in [0.2, 0.25) is 5.60 Å². The molecular weight excluding hydrogens is 576 g/mol. The third-order valence-electron chi connectivity index (χ3n) is 9.46. The van der Waals surface area contributed by atoms with Gasteiger partial charge in [-0.2, -0.15) is 0 Å². The molecule has 0 saturated heterocycles. The number of ether oxygens (including phenoxy) is 3. The quantitative estimate of drug-likeness (QED) is 0.217. The second-order valence-electron chi connectivity index (χ2n) is 11.9. The molecule has 4 aliphatic carbocycles. The number of ketones is 3. The molecule has 2 aromatic rings. The van der Waals surface area contributed by atoms with Gasteiger partial charge in [-0.15, -0.1) is 0 Å². The molecule has 1 heterocycles. The van der Waals surface area contributed by atoms with E-state index in [1.807, 2.05) is 0 Å². The molecule has 2 aromatic carbocycles. The molecule has 1 spiro atoms. The van der Waals surface area contributed by atoms with Crippen LogP contribution in [-0.2, 0) is 35.9 Å². The van der Waals surface area contributed by atoms with Gasteiger partial charge in [0, 0.05) is 11.8 Å². The normalized spacial score (nSPS) is 30.3. The lowest BCUT2D eigenvalue weighted by molar-refractivity contribution is -0.172. The summed E-state index contributed by atoms with van der Waals surface area (Å²) < 4.78 is 15.5. The van der Waals surface area contributed by atoms with Gasteiger partial charge in [0.15, 0.2) is 23.0 Å². The van der Waals surface area contributed by atoms with Crippen molar-refractivity contribution in [2.75, 3.05) is 14.2 Å². The number of benzene rings is 2. The van der Waals surface area contributed by atoms with Crippen LogP contribution in [0.1, 0.15) is 68.3 Å². The van der Waals surface area contributed by atoms with Crippen LogP contribution in [0.3, 0.4) is 0 Å². The van der Waals surface area contributed by atoms with Crippen molar-refractivity contribution >= 4 is 29.3 Å². The first-order valence-electron chi connectivity index (χ1n) is 14.0. The van der Waals surface area contributed by atoms with Crippen molar-refractivity contribution in [2.24, 2.45) is 11.3 Å². The van der Waals surface area contributed by atoms with Gasteiger partial charge < -0.3 is 34.6 Å². The number of phenolic OH excluding ortho intramolecular Hbond substituents is 1. The summed E-state index contributed by atoms with van der Waals surface area (Å²) in [5.41, 5.74) is -5.47. The Kier molecular flexibility index (Phi) is 6.62. The van der Waals surface area contributed by atoms with Gasteiger partial charge in [0.1, 0.15) is 17.6 Å². The molecule has 12 nitrogen and oxygen atoms in total. The van der Waals surface area contributed by atoms with Crippen LogP contribution < -0.4 is 4.74 Å². The van der Waals surface area contributed by atoms with Crippen molar-refractivity contribution in [1.29, 1.82) is 0 Å². The zero-order chi connectivity index (χ0) is 31.9. The van der Waals surface area contributed by atoms with Gasteiger partial charge in [-0.3, -0.25) is 19.2 Å². The van der Waals surface area contributed by atoms with Crippen LogP contribution in [0.15, 0.2) is 36.4 Å². The molecule has 6 atom stereocenters. The van der Waals surface area contributed by atoms with Crippen LogP contribution in [-0.4, -0.2) is 75.6 Å². The van der Waals surface area contributed by atoms with E-state index in [1.54, 1.807) is 13.0 Å². The highest BCUT2D eigenvalue weighted by atomic mass is 16.6. The average Bonchev–Trinajstić information content (AvgIpc) is 3.16. The second-order valence-corrected chi connectivity index (χ2v) is 11.9. The number of aliphatic hydroxyl groups excluding tert-OH is 2. The molecule has 6 unspecified atom stereocenters. The number of aromatic hydroxyl groups is 1. The second kappa shape index (κ2) is 9.81. The van der Waals surface area contributed by atoms with E-state index in [-0.39, 0.29) is 58.6 Å². The Morgan fingerprint density at radius 1 is 1.07 bits per heavy atom. The van der Waals surface area contributed by atoms with E-state index >= 15 is 0 Å². The maximum absolute atomic E-state index is 14.0. The first-order valence-corrected chi connectivity index (χ1v) is 14.0. The highest BCUT2D eigenvalue weighted by molar-refractivity contribution is 6.18. The number of phenols is 1. The fraction of sp³-hybridized carbons (Fsp3) is 0.406. The fourth-order valence-electron chi connectivity index (χ4n) is 7.24. The summed E-state index contributed by atoms with van der Waals surface area (Å²) in [4.78, 5) is 66.2. The SMILES string of the molecule is COC(=O)CCC(O)C1(C(=O)OC)CC(=O)c2cc3c(cc2O1)CC12C=CC3(O)C(=O)C1C(=O)c1c(O)cc(C)cc1C2O. The smallest absolute Gasteiger partial charge is 0.353 e. The number of rotatable bonds is 5. The molecule has 12 heteroatoms. The van der Waals surface area contributed by atoms with E-state index in [0.29, 0.717) is 5.56 Å². The minimum atomic E-state index is -2.36. The first-order chi connectivity index (χ1) is 20.7. The number of esters is 2. The molecule has 4 N–H and O–H groups in total. The topological polar surface area (TPSA) is 194 Å². The maximum atomic E-state index is 14.0. The zero-order valence-corrected chi connectivity index (χ0v) is 24.1. The number of Topliss-reactive ketones (excluding diaryl/α,β-unsaturated/α-hetero) is 3. The highest BCUT2D eigenvalue weighted by Crippen LogP contribution is 2.60. The number of hydrogen-bond acceptors (Lipinski definition) is 12. The summed E-state index contributed by atoms with van der Waals surface area (Å²) in [6.45, 7) is 1.68. The predicted octanol–water partition coefficient (Wildman–Crippen LogP) is 1.31. The Bertz CT molecular complexity index is 1710. The van der Waals surface area contributed by atoms with Gasteiger partial charge in [0.25, 0.3) is 0 Å². The van der Waals surface area contributed by atoms with Crippen LogP contribution in [0.2, 0.25) is 0 Å². The molecule has 44 heavy (non-hydrogen) atoms. The Hall–Kier alpha value is -4.39. The summed E-state index contributed by atoms with van der Waals surface area (Å²) in [6, 6.07) is 5.52. The molecule has 1 aliphatic heterocycles. The van der Waals surface area contributed by atoms with Crippen molar-refractivity contribution in [1.82, 2.24) is 0 Å². The van der Waals surface area contributed by atoms with Crippen molar-refractivity contribution in [3.8, 4) is 11.5 Å². The first kappa shape index (κ1) is 29.7. The van der Waals surface area contributed by atoms with E-state index in [9.17, 15) is 44.4 Å². The minimum absolute atomic E-state index is 0.00184. The number of fused-ring (bicyclic) bond motifs is 2. The lowest BCUT2D eigenvalue weighted by Crippen LogP contribution is -2.58. The summed E-state index contributed by atoms with van der Waals surface area (Å²) in [6.07, 6.45) is -1.87. The van der Waals surface area contributed by atoms with Crippen molar-refractivity contribution in [3.63, 3.8) is 0 Å². The Labute approximate surface area is 250 Å². The number of aryl methyl sites for hydroxylation is 1. The predicted molar refractivity (Wildman–Crippen MR) is 148 cm³/mol. The van der Waals surface area contributed by atoms with E-state index in [4.69, 9.17) is 9.47 Å². The molecule has 0 saturated carbocycles. The van der Waals surface area contributed by atoms with Crippen molar-refractivity contribution in [3.05, 3.63) is 69.8 Å². The molecule has 0 aromatic heterocycles. The van der Waals surface area contributed by atoms with Crippen molar-refractivity contribution < 1.29 is 58.6 Å². The van der Waals surface area contributed by atoms with Crippen LogP contribution in [0.4, 0.5) is 0 Å². The van der Waals surface area contributed by atoms with Crippen LogP contribution in [0.25, 0.3) is 0 Å². The fourth-order valence-corrected chi connectivity index (χ4v) is 7.24. The van der Waals surface area contributed by atoms with Gasteiger partial charge in [-0.05, 0) is 66.3 Å². The van der Waals surface area contributed by atoms with Crippen LogP contribution >= 0.6 is 0 Å². The van der Waals surface area contributed by atoms with Gasteiger partial charge in [-0.25, -0.2) is 4.79 Å². The van der Waals surface area contributed by atoms with E-state index in [0.717, 1.165) is 14.2 Å². The number of methoxy groups -OCH3 is 2. The molecule has 5 aliphatic rings. The Morgan fingerprint density at radius 2 is 1.80 bits per heavy atom. The van der Waals surface area contributed by atoms with E-state index in [1.165, 1.54) is 30.4 Å². The van der Waals surface area contributed by atoms with Crippen LogP contribution in [0.5, 0.6) is 11.5 Å². The Morgan fingerprint density at radius 3 is 2.48 bits per heavy atom. The maximum Gasteiger partial charge on any atom is 0.353 e. The number of carbonyl (C=O) groups is 5. The third kappa shape index (κ3) is 3.84. The summed E-state index contributed by atoms with van der Waals surface area (Å²) in [5, 5.41) is 45.3. The largest absolute Gasteiger partial charge is 0.507 e. The standard InChI is InChI=1S/C32H30O12/c1-14-8-17-24(19(33)9-14)26(37)25-28(39)31(41)7-6-30(25,27(17)38)12-15-10-21-16(11-18(15)31)20(34)13-32(44-21,29(40)43-3)22(35)4-5-23(36)42-2/h6-11,22,25,27,33,35,38,41H,4-5,12-13H2,1-3H3. The Balaban J connectivity index is 1.49. The number of aliphatic hydroxyl groups is 3. The van der Waals surface area contributed by atoms with Gasteiger partial charge in [0.05, 0.1) is 43.8 Å². The molecule has 0 fully saturated rings. The van der Waals surface area contributed by atoms with Gasteiger partial charge in [-0.1, -0.05) is 12.1 Å². The summed E-state index contributed by atoms with van der Waals surface area (Å²) in [7, 11) is 2.22. The zero-order valence-electron chi connectivity index (χ0n) is 24.1.